The van der Waals surface area contributed by atoms with Crippen molar-refractivity contribution in [3.63, 3.8) is 0 Å². The minimum atomic E-state index is -0.205. The molecule has 378 valence electrons. The first kappa shape index (κ1) is 46.1. The van der Waals surface area contributed by atoms with E-state index in [2.05, 4.69) is 295 Å². The van der Waals surface area contributed by atoms with Gasteiger partial charge in [-0.3, -0.25) is 0 Å². The Morgan fingerprint density at radius 3 is 1.61 bits per heavy atom. The number of anilines is 9. The van der Waals surface area contributed by atoms with Crippen molar-refractivity contribution in [3.05, 3.63) is 253 Å². The van der Waals surface area contributed by atoms with Crippen LogP contribution in [0.3, 0.4) is 0 Å². The van der Waals surface area contributed by atoms with Crippen molar-refractivity contribution in [3.8, 4) is 11.8 Å². The standard InChI is InChI=1S/C73H53BN6/c1-45-29-34-62(46(2)35-45)76(52-32-30-48(31-33-52)73(3,4)5)53-38-69-71-70(39-53)79(51-23-13-8-14-24-51)68-43-66-56(54-25-15-17-27-63(54)77(66)49-19-9-6-10-20-49)40-60(68)74(71)61-42-65-57(41-67(61)78(69)50-21-11-7-12-22-50)59-37-47(44-75)36-58-55-26-16-18-28-64(55)80(65)72(58)59/h6-43H,1-5H3. The first-order valence-corrected chi connectivity index (χ1v) is 27.8. The molecule has 0 radical (unpaired) electrons. The maximum Gasteiger partial charge on any atom is 0.252 e. The fraction of sp³-hybridized carbons (Fsp3) is 0.0822. The number of aromatic nitrogens is 2. The fourth-order valence-electron chi connectivity index (χ4n) is 13.8. The number of aryl methyl sites for hydroxylation is 2. The lowest BCUT2D eigenvalue weighted by Gasteiger charge is -2.45. The third-order valence-electron chi connectivity index (χ3n) is 17.3. The van der Waals surface area contributed by atoms with Crippen molar-refractivity contribution in [2.75, 3.05) is 14.7 Å². The van der Waals surface area contributed by atoms with Gasteiger partial charge < -0.3 is 23.7 Å². The lowest BCUT2D eigenvalue weighted by Crippen LogP contribution is -2.61. The molecule has 80 heavy (non-hydrogen) atoms. The Morgan fingerprint density at radius 2 is 0.988 bits per heavy atom. The molecule has 0 atom stereocenters. The molecule has 11 aromatic carbocycles. The molecule has 2 aliphatic heterocycles. The monoisotopic (exact) mass is 1020 g/mol. The number of hydrogen-bond acceptors (Lipinski definition) is 4. The number of nitriles is 1. The third-order valence-corrected chi connectivity index (χ3v) is 17.3. The number of benzene rings is 11. The van der Waals surface area contributed by atoms with Gasteiger partial charge in [0.2, 0.25) is 0 Å². The summed E-state index contributed by atoms with van der Waals surface area (Å²) in [5, 5.41) is 17.5. The molecule has 5 heterocycles. The summed E-state index contributed by atoms with van der Waals surface area (Å²) >= 11 is 0. The summed E-state index contributed by atoms with van der Waals surface area (Å²) in [7, 11) is 0. The van der Waals surface area contributed by atoms with E-state index >= 15 is 0 Å². The molecular formula is C73H53BN6. The van der Waals surface area contributed by atoms with Gasteiger partial charge in [0.15, 0.2) is 0 Å². The predicted octanol–water partition coefficient (Wildman–Crippen LogP) is 17.3. The lowest BCUT2D eigenvalue weighted by molar-refractivity contribution is 0.590. The van der Waals surface area contributed by atoms with Crippen LogP contribution in [0.15, 0.2) is 231 Å². The van der Waals surface area contributed by atoms with Crippen molar-refractivity contribution in [2.24, 2.45) is 0 Å². The van der Waals surface area contributed by atoms with Gasteiger partial charge in [0, 0.05) is 83.5 Å². The van der Waals surface area contributed by atoms with Gasteiger partial charge in [-0.2, -0.15) is 5.26 Å². The zero-order valence-corrected chi connectivity index (χ0v) is 45.2. The maximum absolute atomic E-state index is 10.6. The number of rotatable bonds is 6. The first-order chi connectivity index (χ1) is 39.1. The van der Waals surface area contributed by atoms with Gasteiger partial charge in [0.05, 0.1) is 44.9 Å². The molecule has 0 fully saturated rings. The maximum atomic E-state index is 10.6. The van der Waals surface area contributed by atoms with E-state index in [0.29, 0.717) is 5.56 Å². The summed E-state index contributed by atoms with van der Waals surface area (Å²) in [6, 6.07) is 88.0. The molecule has 7 heteroatoms. The fourth-order valence-corrected chi connectivity index (χ4v) is 13.8. The van der Waals surface area contributed by atoms with Crippen molar-refractivity contribution < 1.29 is 0 Å². The van der Waals surface area contributed by atoms with Crippen LogP contribution in [-0.2, 0) is 5.41 Å². The summed E-state index contributed by atoms with van der Waals surface area (Å²) in [6.07, 6.45) is 0. The van der Waals surface area contributed by atoms with Crippen molar-refractivity contribution in [1.29, 1.82) is 5.26 Å². The zero-order valence-electron chi connectivity index (χ0n) is 45.2. The number of hydrogen-bond donors (Lipinski definition) is 0. The second kappa shape index (κ2) is 17.0. The van der Waals surface area contributed by atoms with Crippen LogP contribution >= 0.6 is 0 Å². The van der Waals surface area contributed by atoms with Gasteiger partial charge in [-0.05, 0) is 156 Å². The Kier molecular flexibility index (Phi) is 9.79. The second-order valence-electron chi connectivity index (χ2n) is 23.0. The SMILES string of the molecule is Cc1ccc(N(c2ccc(C(C)(C)C)cc2)c2cc3c4c(c2)N(c2ccccc2)c2cc5c(cc2B4c2cc4c(cc2N3c2ccccc2)c2cc(C#N)cc3c6ccccc6n4c32)c2ccccc2n5-c2ccccc2)c(C)c1. The first-order valence-electron chi connectivity index (χ1n) is 27.8. The second-order valence-corrected chi connectivity index (χ2v) is 23.0. The summed E-state index contributed by atoms with van der Waals surface area (Å²) in [5.74, 6) is 0. The van der Waals surface area contributed by atoms with E-state index in [1.165, 1.54) is 49.4 Å². The molecule has 2 aliphatic rings. The quantitative estimate of drug-likeness (QED) is 0.156. The highest BCUT2D eigenvalue weighted by molar-refractivity contribution is 7.00. The Hall–Kier alpha value is -10.0. The van der Waals surface area contributed by atoms with Gasteiger partial charge in [0.25, 0.3) is 6.71 Å². The number of fused-ring (bicyclic) bond motifs is 13. The molecule has 0 unspecified atom stereocenters. The molecule has 3 aromatic heterocycles. The Labute approximate surface area is 465 Å². The molecule has 0 aliphatic carbocycles. The predicted molar refractivity (Wildman–Crippen MR) is 337 cm³/mol. The summed E-state index contributed by atoms with van der Waals surface area (Å²) in [6.45, 7) is 11.1. The van der Waals surface area contributed by atoms with Gasteiger partial charge >= 0.3 is 0 Å². The lowest BCUT2D eigenvalue weighted by atomic mass is 9.33. The zero-order chi connectivity index (χ0) is 53.7. The summed E-state index contributed by atoms with van der Waals surface area (Å²) in [5.41, 5.74) is 24.7. The van der Waals surface area contributed by atoms with E-state index in [9.17, 15) is 5.26 Å². The van der Waals surface area contributed by atoms with Crippen LogP contribution in [-0.4, -0.2) is 15.7 Å². The minimum Gasteiger partial charge on any atom is -0.311 e. The van der Waals surface area contributed by atoms with Crippen LogP contribution < -0.4 is 31.1 Å². The molecule has 0 bridgehead atoms. The van der Waals surface area contributed by atoms with Gasteiger partial charge in [-0.25, -0.2) is 0 Å². The Bertz CT molecular complexity index is 4910. The van der Waals surface area contributed by atoms with Crippen LogP contribution in [0.4, 0.5) is 51.2 Å². The van der Waals surface area contributed by atoms with E-state index in [-0.39, 0.29) is 12.1 Å². The van der Waals surface area contributed by atoms with Gasteiger partial charge in [-0.15, -0.1) is 0 Å². The van der Waals surface area contributed by atoms with Crippen LogP contribution in [0, 0.1) is 25.2 Å². The molecule has 14 aromatic rings. The van der Waals surface area contributed by atoms with Crippen LogP contribution in [0.2, 0.25) is 0 Å². The molecule has 16 rings (SSSR count). The minimum absolute atomic E-state index is 0.0175. The van der Waals surface area contributed by atoms with E-state index in [1.54, 1.807) is 0 Å². The highest BCUT2D eigenvalue weighted by Crippen LogP contribution is 2.51. The molecule has 6 nitrogen and oxygen atoms in total. The van der Waals surface area contributed by atoms with Crippen LogP contribution in [0.25, 0.3) is 65.6 Å². The van der Waals surface area contributed by atoms with Crippen LogP contribution in [0.5, 0.6) is 0 Å². The molecule has 0 amide bonds. The van der Waals surface area contributed by atoms with E-state index in [0.717, 1.165) is 100 Å². The summed E-state index contributed by atoms with van der Waals surface area (Å²) < 4.78 is 4.91. The van der Waals surface area contributed by atoms with Crippen LogP contribution in [0.1, 0.15) is 43.0 Å². The highest BCUT2D eigenvalue weighted by Gasteiger charge is 2.45. The molecule has 0 saturated heterocycles. The van der Waals surface area contributed by atoms with E-state index < -0.39 is 0 Å². The smallest absolute Gasteiger partial charge is 0.252 e. The molecule has 0 spiro atoms. The number of para-hydroxylation sites is 5. The highest BCUT2D eigenvalue weighted by atomic mass is 15.2. The Morgan fingerprint density at radius 1 is 0.438 bits per heavy atom. The van der Waals surface area contributed by atoms with E-state index in [4.69, 9.17) is 0 Å². The van der Waals surface area contributed by atoms with E-state index in [1.807, 2.05) is 0 Å². The van der Waals surface area contributed by atoms with Crippen molar-refractivity contribution in [2.45, 2.75) is 40.0 Å². The third kappa shape index (κ3) is 6.60. The summed E-state index contributed by atoms with van der Waals surface area (Å²) in [4.78, 5) is 7.56. The molecular weight excluding hydrogens is 972 g/mol. The average Bonchev–Trinajstić information content (AvgIpc) is 4.23. The van der Waals surface area contributed by atoms with Crippen molar-refractivity contribution in [1.82, 2.24) is 8.97 Å². The van der Waals surface area contributed by atoms with Gasteiger partial charge in [0.1, 0.15) is 0 Å². The largest absolute Gasteiger partial charge is 0.311 e. The normalized spacial score (nSPS) is 13.0. The number of nitrogens with zero attached hydrogens (tertiary/aromatic N) is 6. The molecule has 0 N–H and O–H groups in total. The van der Waals surface area contributed by atoms with Gasteiger partial charge in [-0.1, -0.05) is 148 Å². The topological polar surface area (TPSA) is 42.9 Å². The molecule has 0 saturated carbocycles. The average molecular weight is 1030 g/mol. The Balaban J connectivity index is 1.09. The van der Waals surface area contributed by atoms with Crippen molar-refractivity contribution >= 4 is 134 Å².